The number of urea groups is 1. The number of nitrogens with two attached hydrogens (primary N) is 1. The minimum Gasteiger partial charge on any atom is -0.350 e. The van der Waals surface area contributed by atoms with Crippen LogP contribution in [0.15, 0.2) is 48.5 Å². The Kier molecular flexibility index (Phi) is 7.23. The van der Waals surface area contributed by atoms with Crippen LogP contribution in [0.4, 0.5) is 4.79 Å². The van der Waals surface area contributed by atoms with Crippen LogP contribution in [0.2, 0.25) is 0 Å². The molecule has 0 saturated carbocycles. The van der Waals surface area contributed by atoms with Crippen molar-refractivity contribution >= 4 is 30.3 Å². The highest BCUT2D eigenvalue weighted by Gasteiger charge is 2.43. The van der Waals surface area contributed by atoms with Crippen molar-refractivity contribution in [3.05, 3.63) is 70.8 Å². The molecule has 1 aliphatic heterocycles. The third kappa shape index (κ3) is 4.80. The Morgan fingerprint density at radius 1 is 1.03 bits per heavy atom. The largest absolute Gasteiger partial charge is 0.350 e. The summed E-state index contributed by atoms with van der Waals surface area (Å²) in [5, 5.41) is 7.65. The molecule has 30 heavy (non-hydrogen) atoms. The molecule has 1 saturated heterocycles. The maximum absolute atomic E-state index is 12.4. The van der Waals surface area contributed by atoms with Gasteiger partial charge in [0, 0.05) is 18.2 Å². The first kappa shape index (κ1) is 23.4. The van der Waals surface area contributed by atoms with Gasteiger partial charge in [-0.3, -0.25) is 14.9 Å². The third-order valence-electron chi connectivity index (χ3n) is 5.28. The number of hydrogen-bond donors (Lipinski definition) is 4. The average Bonchev–Trinajstić information content (AvgIpc) is 2.98. The van der Waals surface area contributed by atoms with Crippen LogP contribution < -0.4 is 21.7 Å². The van der Waals surface area contributed by atoms with Gasteiger partial charge in [-0.25, -0.2) is 4.79 Å². The molecule has 2 unspecified atom stereocenters. The summed E-state index contributed by atoms with van der Waals surface area (Å²) in [5.41, 5.74) is 8.30. The van der Waals surface area contributed by atoms with Crippen molar-refractivity contribution in [3.8, 4) is 0 Å². The van der Waals surface area contributed by atoms with Crippen LogP contribution in [-0.2, 0) is 10.3 Å². The van der Waals surface area contributed by atoms with Gasteiger partial charge in [-0.1, -0.05) is 50.2 Å². The van der Waals surface area contributed by atoms with E-state index in [4.69, 9.17) is 5.73 Å². The van der Waals surface area contributed by atoms with E-state index in [0.717, 1.165) is 5.56 Å². The lowest BCUT2D eigenvalue weighted by Crippen LogP contribution is -2.40. The summed E-state index contributed by atoms with van der Waals surface area (Å²) in [5.74, 6) is -0.223. The molecular weight excluding hydrogens is 404 g/mol. The Balaban J connectivity index is 0.00000320. The Hall–Kier alpha value is -2.90. The summed E-state index contributed by atoms with van der Waals surface area (Å²) in [6, 6.07) is 13.8. The number of halogens is 1. The zero-order valence-electron chi connectivity index (χ0n) is 17.2. The lowest BCUT2D eigenvalue weighted by Gasteiger charge is -2.21. The summed E-state index contributed by atoms with van der Waals surface area (Å²) in [6.45, 7) is 6.19. The molecule has 0 bridgehead atoms. The Morgan fingerprint density at radius 2 is 1.60 bits per heavy atom. The number of benzene rings is 2. The second-order valence-electron chi connectivity index (χ2n) is 7.75. The molecular formula is C22H27ClN4O3. The van der Waals surface area contributed by atoms with Crippen LogP contribution in [0.1, 0.15) is 59.8 Å². The summed E-state index contributed by atoms with van der Waals surface area (Å²) in [7, 11) is 0. The topological polar surface area (TPSA) is 113 Å². The van der Waals surface area contributed by atoms with E-state index in [1.807, 2.05) is 12.1 Å². The van der Waals surface area contributed by atoms with Crippen LogP contribution >= 0.6 is 12.4 Å². The van der Waals surface area contributed by atoms with Gasteiger partial charge in [0.15, 0.2) is 0 Å². The van der Waals surface area contributed by atoms with Crippen LogP contribution in [0.3, 0.4) is 0 Å². The van der Waals surface area contributed by atoms with E-state index in [1.54, 1.807) is 31.2 Å². The first-order valence-corrected chi connectivity index (χ1v) is 9.58. The average molecular weight is 431 g/mol. The van der Waals surface area contributed by atoms with Crippen LogP contribution in [-0.4, -0.2) is 24.4 Å². The van der Waals surface area contributed by atoms with E-state index >= 15 is 0 Å². The monoisotopic (exact) mass is 430 g/mol. The minimum absolute atomic E-state index is 0. The van der Waals surface area contributed by atoms with Crippen molar-refractivity contribution in [1.82, 2.24) is 16.0 Å². The van der Waals surface area contributed by atoms with Crippen molar-refractivity contribution in [2.75, 3.05) is 6.54 Å². The van der Waals surface area contributed by atoms with Crippen molar-refractivity contribution in [2.24, 2.45) is 5.73 Å². The second kappa shape index (κ2) is 9.28. The molecule has 0 aliphatic carbocycles. The number of hydrogen-bond acceptors (Lipinski definition) is 4. The SMILES string of the molecule is CC(C)c1ccc(C(N)CNC(=O)c2ccc(C3(C)NC(=O)NC3=O)cc2)cc1.Cl. The number of rotatable bonds is 6. The first-order chi connectivity index (χ1) is 13.7. The molecule has 0 radical (unpaired) electrons. The zero-order valence-corrected chi connectivity index (χ0v) is 18.0. The van der Waals surface area contributed by atoms with Crippen molar-refractivity contribution < 1.29 is 14.4 Å². The molecule has 1 fully saturated rings. The van der Waals surface area contributed by atoms with Gasteiger partial charge in [0.05, 0.1) is 0 Å². The van der Waals surface area contributed by atoms with E-state index in [0.29, 0.717) is 23.6 Å². The fourth-order valence-electron chi connectivity index (χ4n) is 3.25. The van der Waals surface area contributed by atoms with Gasteiger partial charge in [-0.15, -0.1) is 12.4 Å². The standard InChI is InChI=1S/C22H26N4O3.ClH/c1-13(2)14-4-6-15(7-5-14)18(23)12-24-19(27)16-8-10-17(11-9-16)22(3)20(28)25-21(29)26-22;/h4-11,13,18H,12,23H2,1-3H3,(H,24,27)(H2,25,26,28,29);1H. The molecule has 7 nitrogen and oxygen atoms in total. The molecule has 5 N–H and O–H groups in total. The molecule has 8 heteroatoms. The van der Waals surface area contributed by atoms with Gasteiger partial charge in [0.2, 0.25) is 0 Å². The maximum atomic E-state index is 12.4. The molecule has 2 aromatic rings. The number of carbonyl (C=O) groups excluding carboxylic acids is 3. The number of nitrogens with one attached hydrogen (secondary N) is 3. The summed E-state index contributed by atoms with van der Waals surface area (Å²) >= 11 is 0. The maximum Gasteiger partial charge on any atom is 0.322 e. The molecule has 1 aliphatic rings. The van der Waals surface area contributed by atoms with Gasteiger partial charge < -0.3 is 16.4 Å². The lowest BCUT2D eigenvalue weighted by atomic mass is 9.91. The summed E-state index contributed by atoms with van der Waals surface area (Å²) in [6.07, 6.45) is 0. The molecule has 0 spiro atoms. The third-order valence-corrected chi connectivity index (χ3v) is 5.28. The van der Waals surface area contributed by atoms with Crippen molar-refractivity contribution in [2.45, 2.75) is 38.3 Å². The van der Waals surface area contributed by atoms with E-state index in [1.165, 1.54) is 5.56 Å². The summed E-state index contributed by atoms with van der Waals surface area (Å²) in [4.78, 5) is 35.9. The number of carbonyl (C=O) groups is 3. The number of amides is 4. The van der Waals surface area contributed by atoms with Crippen LogP contribution in [0, 0.1) is 0 Å². The minimum atomic E-state index is -1.14. The van der Waals surface area contributed by atoms with Gasteiger partial charge in [-0.05, 0) is 41.7 Å². The van der Waals surface area contributed by atoms with Crippen LogP contribution in [0.25, 0.3) is 0 Å². The Morgan fingerprint density at radius 3 is 2.10 bits per heavy atom. The Labute approximate surface area is 182 Å². The van der Waals surface area contributed by atoms with Gasteiger partial charge >= 0.3 is 6.03 Å². The molecule has 0 aromatic heterocycles. The van der Waals surface area contributed by atoms with Crippen molar-refractivity contribution in [1.29, 1.82) is 0 Å². The van der Waals surface area contributed by atoms with Gasteiger partial charge in [0.1, 0.15) is 5.54 Å². The first-order valence-electron chi connectivity index (χ1n) is 9.58. The second-order valence-corrected chi connectivity index (χ2v) is 7.75. The molecule has 1 heterocycles. The highest BCUT2D eigenvalue weighted by atomic mass is 35.5. The predicted octanol–water partition coefficient (Wildman–Crippen LogP) is 2.72. The van der Waals surface area contributed by atoms with Crippen LogP contribution in [0.5, 0.6) is 0 Å². The lowest BCUT2D eigenvalue weighted by molar-refractivity contribution is -0.123. The normalized spacial score (nSPS) is 19.0. The van der Waals surface area contributed by atoms with Gasteiger partial charge in [0.25, 0.3) is 11.8 Å². The van der Waals surface area contributed by atoms with E-state index in [2.05, 4.69) is 41.9 Å². The highest BCUT2D eigenvalue weighted by Crippen LogP contribution is 2.24. The van der Waals surface area contributed by atoms with Gasteiger partial charge in [-0.2, -0.15) is 0 Å². The molecule has 160 valence electrons. The quantitative estimate of drug-likeness (QED) is 0.527. The fourth-order valence-corrected chi connectivity index (χ4v) is 3.25. The molecule has 4 amide bonds. The molecule has 2 aromatic carbocycles. The number of imide groups is 1. The smallest absolute Gasteiger partial charge is 0.322 e. The fraction of sp³-hybridized carbons (Fsp3) is 0.318. The Bertz CT molecular complexity index is 928. The molecule has 3 rings (SSSR count). The molecule has 2 atom stereocenters. The van der Waals surface area contributed by atoms with E-state index in [9.17, 15) is 14.4 Å². The van der Waals surface area contributed by atoms with E-state index < -0.39 is 17.5 Å². The summed E-state index contributed by atoms with van der Waals surface area (Å²) < 4.78 is 0. The van der Waals surface area contributed by atoms with E-state index in [-0.39, 0.29) is 24.4 Å². The zero-order chi connectivity index (χ0) is 21.2. The predicted molar refractivity (Wildman–Crippen MR) is 118 cm³/mol. The highest BCUT2D eigenvalue weighted by molar-refractivity contribution is 6.07. The van der Waals surface area contributed by atoms with Crippen molar-refractivity contribution in [3.63, 3.8) is 0 Å².